The van der Waals surface area contributed by atoms with E-state index in [0.717, 1.165) is 6.42 Å². The molecule has 0 aliphatic carbocycles. The maximum atomic E-state index is 12.5. The average molecular weight is 301 g/mol. The monoisotopic (exact) mass is 301 g/mol. The highest BCUT2D eigenvalue weighted by molar-refractivity contribution is 5.84. The van der Waals surface area contributed by atoms with Crippen LogP contribution in [-0.2, 0) is 9.59 Å². The van der Waals surface area contributed by atoms with Crippen LogP contribution >= 0.6 is 0 Å². The van der Waals surface area contributed by atoms with Crippen LogP contribution in [0.4, 0.5) is 4.79 Å². The predicted molar refractivity (Wildman–Crippen MR) is 80.0 cm³/mol. The molecule has 0 saturated heterocycles. The summed E-state index contributed by atoms with van der Waals surface area (Å²) in [5.41, 5.74) is 0. The first-order valence-corrected chi connectivity index (χ1v) is 7.21. The number of carbonyl (C=O) groups is 3. The molecule has 0 saturated carbocycles. The van der Waals surface area contributed by atoms with Crippen molar-refractivity contribution in [2.45, 2.75) is 27.2 Å². The summed E-state index contributed by atoms with van der Waals surface area (Å²) in [6, 6.07) is -0.289. The first-order chi connectivity index (χ1) is 9.74. The van der Waals surface area contributed by atoms with Gasteiger partial charge in [0.05, 0.1) is 5.92 Å². The van der Waals surface area contributed by atoms with Gasteiger partial charge in [-0.2, -0.15) is 0 Å². The third-order valence-electron chi connectivity index (χ3n) is 3.16. The number of likely N-dealkylation sites (N-methyl/N-ethyl adjacent to an activating group) is 1. The summed E-state index contributed by atoms with van der Waals surface area (Å²) in [7, 11) is 3.28. The molecule has 0 rings (SSSR count). The van der Waals surface area contributed by atoms with Crippen LogP contribution < -0.4 is 0 Å². The Balaban J connectivity index is 4.89. The van der Waals surface area contributed by atoms with Crippen molar-refractivity contribution < 1.29 is 19.5 Å². The van der Waals surface area contributed by atoms with Gasteiger partial charge in [-0.25, -0.2) is 4.79 Å². The maximum absolute atomic E-state index is 12.5. The van der Waals surface area contributed by atoms with Gasteiger partial charge in [0.25, 0.3) is 0 Å². The molecule has 0 aliphatic rings. The quantitative estimate of drug-likeness (QED) is 0.723. The highest BCUT2D eigenvalue weighted by Crippen LogP contribution is 2.06. The summed E-state index contributed by atoms with van der Waals surface area (Å²) in [5, 5.41) is 8.96. The largest absolute Gasteiger partial charge is 0.481 e. The van der Waals surface area contributed by atoms with Crippen LogP contribution in [0.2, 0.25) is 0 Å². The maximum Gasteiger partial charge on any atom is 0.320 e. The minimum absolute atomic E-state index is 0.0115. The van der Waals surface area contributed by atoms with Gasteiger partial charge < -0.3 is 19.8 Å². The topological polar surface area (TPSA) is 81.2 Å². The van der Waals surface area contributed by atoms with Crippen LogP contribution in [0.25, 0.3) is 0 Å². The van der Waals surface area contributed by atoms with Crippen molar-refractivity contribution in [1.29, 1.82) is 0 Å². The molecule has 0 aromatic rings. The summed E-state index contributed by atoms with van der Waals surface area (Å²) < 4.78 is 0. The Hall–Kier alpha value is -1.79. The zero-order valence-electron chi connectivity index (χ0n) is 13.6. The number of aliphatic carboxylic acids is 1. The fraction of sp³-hybridized carbons (Fsp3) is 0.786. The van der Waals surface area contributed by atoms with E-state index in [2.05, 4.69) is 0 Å². The van der Waals surface area contributed by atoms with E-state index in [1.54, 1.807) is 27.9 Å². The molecule has 7 nitrogen and oxygen atoms in total. The molecule has 122 valence electrons. The second kappa shape index (κ2) is 9.20. The molecule has 0 aliphatic heterocycles. The molecule has 3 amide bonds. The number of carbonyl (C=O) groups excluding carboxylic acids is 2. The van der Waals surface area contributed by atoms with Crippen LogP contribution in [0, 0.1) is 5.92 Å². The lowest BCUT2D eigenvalue weighted by Crippen LogP contribution is -2.49. The standard InChI is InChI=1S/C14H27N3O4/c1-6-8-17(10-12(18)15(4)5)14(21)16(7-2)9-11(3)13(19)20/h11H,6-10H2,1-5H3,(H,19,20). The number of carboxylic acids is 1. The Morgan fingerprint density at radius 2 is 1.67 bits per heavy atom. The third kappa shape index (κ3) is 6.46. The van der Waals surface area contributed by atoms with E-state index in [4.69, 9.17) is 5.11 Å². The SMILES string of the molecule is CCCN(CC(=O)N(C)C)C(=O)N(CC)CC(C)C(=O)O. The lowest BCUT2D eigenvalue weighted by atomic mass is 10.2. The van der Waals surface area contributed by atoms with Gasteiger partial charge in [0.15, 0.2) is 0 Å². The van der Waals surface area contributed by atoms with Crippen molar-refractivity contribution in [2.75, 3.05) is 40.3 Å². The number of hydrogen-bond acceptors (Lipinski definition) is 3. The minimum Gasteiger partial charge on any atom is -0.481 e. The Labute approximate surface area is 126 Å². The third-order valence-corrected chi connectivity index (χ3v) is 3.16. The van der Waals surface area contributed by atoms with E-state index in [1.807, 2.05) is 6.92 Å². The van der Waals surface area contributed by atoms with Gasteiger partial charge in [0, 0.05) is 33.7 Å². The van der Waals surface area contributed by atoms with Gasteiger partial charge in [-0.15, -0.1) is 0 Å². The smallest absolute Gasteiger partial charge is 0.320 e. The molecule has 0 bridgehead atoms. The van der Waals surface area contributed by atoms with Crippen LogP contribution in [0.3, 0.4) is 0 Å². The number of urea groups is 1. The van der Waals surface area contributed by atoms with Gasteiger partial charge >= 0.3 is 12.0 Å². The van der Waals surface area contributed by atoms with Gasteiger partial charge in [-0.3, -0.25) is 9.59 Å². The van der Waals surface area contributed by atoms with E-state index in [0.29, 0.717) is 13.1 Å². The number of amides is 3. The number of rotatable bonds is 8. The van der Waals surface area contributed by atoms with E-state index in [1.165, 1.54) is 14.7 Å². The molecule has 7 heteroatoms. The first kappa shape index (κ1) is 19.2. The van der Waals surface area contributed by atoms with Crippen LogP contribution in [0.15, 0.2) is 0 Å². The highest BCUT2D eigenvalue weighted by atomic mass is 16.4. The van der Waals surface area contributed by atoms with E-state index >= 15 is 0 Å². The Kier molecular flexibility index (Phi) is 8.42. The molecule has 21 heavy (non-hydrogen) atoms. The second-order valence-corrected chi connectivity index (χ2v) is 5.27. The van der Waals surface area contributed by atoms with E-state index in [9.17, 15) is 14.4 Å². The molecule has 1 N–H and O–H groups in total. The summed E-state index contributed by atoms with van der Waals surface area (Å²) in [6.07, 6.45) is 0.735. The first-order valence-electron chi connectivity index (χ1n) is 7.21. The lowest BCUT2D eigenvalue weighted by molar-refractivity contribution is -0.141. The molecular weight excluding hydrogens is 274 g/mol. The normalized spacial score (nSPS) is 11.7. The number of carboxylic acid groups (broad SMARTS) is 1. The van der Waals surface area contributed by atoms with Gasteiger partial charge in [-0.05, 0) is 13.3 Å². The Morgan fingerprint density at radius 3 is 2.05 bits per heavy atom. The molecule has 0 aromatic carbocycles. The fourth-order valence-electron chi connectivity index (χ4n) is 1.77. The van der Waals surface area contributed by atoms with Crippen molar-refractivity contribution in [1.82, 2.24) is 14.7 Å². The van der Waals surface area contributed by atoms with Crippen LogP contribution in [-0.4, -0.2) is 78.0 Å². The second-order valence-electron chi connectivity index (χ2n) is 5.27. The molecule has 0 fully saturated rings. The van der Waals surface area contributed by atoms with Crippen molar-refractivity contribution in [3.63, 3.8) is 0 Å². The predicted octanol–water partition coefficient (Wildman–Crippen LogP) is 0.949. The van der Waals surface area contributed by atoms with Gasteiger partial charge in [0.2, 0.25) is 5.91 Å². The zero-order valence-corrected chi connectivity index (χ0v) is 13.6. The zero-order chi connectivity index (χ0) is 16.6. The minimum atomic E-state index is -0.937. The van der Waals surface area contributed by atoms with Crippen molar-refractivity contribution >= 4 is 17.9 Å². The van der Waals surface area contributed by atoms with Crippen molar-refractivity contribution in [3.05, 3.63) is 0 Å². The summed E-state index contributed by atoms with van der Waals surface area (Å²) in [5.74, 6) is -1.73. The van der Waals surface area contributed by atoms with E-state index in [-0.39, 0.29) is 25.0 Å². The number of hydrogen-bond donors (Lipinski definition) is 1. The van der Waals surface area contributed by atoms with Crippen LogP contribution in [0.5, 0.6) is 0 Å². The molecular formula is C14H27N3O4. The molecule has 0 aromatic heterocycles. The van der Waals surface area contributed by atoms with Crippen molar-refractivity contribution in [3.8, 4) is 0 Å². The molecule has 1 unspecified atom stereocenters. The molecule has 0 heterocycles. The van der Waals surface area contributed by atoms with Gasteiger partial charge in [-0.1, -0.05) is 13.8 Å². The van der Waals surface area contributed by atoms with E-state index < -0.39 is 11.9 Å². The molecule has 0 radical (unpaired) electrons. The van der Waals surface area contributed by atoms with Crippen LogP contribution in [0.1, 0.15) is 27.2 Å². The Morgan fingerprint density at radius 1 is 1.10 bits per heavy atom. The van der Waals surface area contributed by atoms with Crippen molar-refractivity contribution in [2.24, 2.45) is 5.92 Å². The fourth-order valence-corrected chi connectivity index (χ4v) is 1.77. The molecule has 0 spiro atoms. The van der Waals surface area contributed by atoms with Gasteiger partial charge in [0.1, 0.15) is 6.54 Å². The molecule has 1 atom stereocenters. The summed E-state index contributed by atoms with van der Waals surface area (Å²) in [6.45, 7) is 6.32. The summed E-state index contributed by atoms with van der Waals surface area (Å²) in [4.78, 5) is 39.6. The average Bonchev–Trinajstić information content (AvgIpc) is 2.42. The Bertz CT molecular complexity index is 371. The highest BCUT2D eigenvalue weighted by Gasteiger charge is 2.25. The number of nitrogens with zero attached hydrogens (tertiary/aromatic N) is 3. The lowest BCUT2D eigenvalue weighted by Gasteiger charge is -2.31. The summed E-state index contributed by atoms with van der Waals surface area (Å²) >= 11 is 0.